The van der Waals surface area contributed by atoms with Crippen LogP contribution in [-0.4, -0.2) is 17.5 Å². The highest BCUT2D eigenvalue weighted by molar-refractivity contribution is 5.96. The van der Waals surface area contributed by atoms with Gasteiger partial charge < -0.3 is 9.36 Å². The molecule has 0 spiro atoms. The van der Waals surface area contributed by atoms with Crippen LogP contribution in [0.3, 0.4) is 0 Å². The Morgan fingerprint density at radius 3 is 3.00 bits per heavy atom. The van der Waals surface area contributed by atoms with Crippen molar-refractivity contribution in [2.24, 2.45) is 5.16 Å². The molecule has 66 valence electrons. The predicted molar refractivity (Wildman–Crippen MR) is 45.1 cm³/mol. The zero-order valence-corrected chi connectivity index (χ0v) is 7.50. The second-order valence-corrected chi connectivity index (χ2v) is 2.42. The summed E-state index contributed by atoms with van der Waals surface area (Å²) in [6.45, 7) is 6.11. The van der Waals surface area contributed by atoms with Gasteiger partial charge in [0.25, 0.3) is 0 Å². The molecule has 12 heavy (non-hydrogen) atoms. The van der Waals surface area contributed by atoms with Gasteiger partial charge in [-0.25, -0.2) is 0 Å². The summed E-state index contributed by atoms with van der Waals surface area (Å²) in [7, 11) is 0. The molecule has 0 aliphatic heterocycles. The van der Waals surface area contributed by atoms with Gasteiger partial charge in [-0.05, 0) is 20.8 Å². The summed E-state index contributed by atoms with van der Waals surface area (Å²) in [5.41, 5.74) is 1.45. The summed E-state index contributed by atoms with van der Waals surface area (Å²) in [5.74, 6) is 0.774. The molecule has 4 nitrogen and oxygen atoms in total. The third kappa shape index (κ3) is 2.08. The van der Waals surface area contributed by atoms with Crippen LogP contribution in [-0.2, 0) is 4.84 Å². The van der Waals surface area contributed by atoms with Gasteiger partial charge in [-0.15, -0.1) is 0 Å². The SMILES string of the molecule is CCO/N=C(/C)c1cc(C)on1. The van der Waals surface area contributed by atoms with E-state index in [1.54, 1.807) is 0 Å². The lowest BCUT2D eigenvalue weighted by Crippen LogP contribution is -1.96. The number of oxime groups is 1. The van der Waals surface area contributed by atoms with Gasteiger partial charge in [-0.2, -0.15) is 0 Å². The Morgan fingerprint density at radius 1 is 1.75 bits per heavy atom. The van der Waals surface area contributed by atoms with Gasteiger partial charge in [0.05, 0.1) is 0 Å². The van der Waals surface area contributed by atoms with E-state index in [2.05, 4.69) is 10.3 Å². The van der Waals surface area contributed by atoms with Gasteiger partial charge in [-0.1, -0.05) is 10.3 Å². The van der Waals surface area contributed by atoms with Crippen LogP contribution in [0.1, 0.15) is 25.3 Å². The van der Waals surface area contributed by atoms with E-state index < -0.39 is 0 Å². The zero-order valence-electron chi connectivity index (χ0n) is 7.50. The van der Waals surface area contributed by atoms with Crippen molar-refractivity contribution in [1.82, 2.24) is 5.16 Å². The fourth-order valence-corrected chi connectivity index (χ4v) is 0.745. The Morgan fingerprint density at radius 2 is 2.50 bits per heavy atom. The molecule has 0 bridgehead atoms. The summed E-state index contributed by atoms with van der Waals surface area (Å²) >= 11 is 0. The fraction of sp³-hybridized carbons (Fsp3) is 0.500. The second kappa shape index (κ2) is 3.90. The number of rotatable bonds is 3. The number of nitrogens with zero attached hydrogens (tertiary/aromatic N) is 2. The normalized spacial score (nSPS) is 11.8. The highest BCUT2D eigenvalue weighted by Gasteiger charge is 2.03. The Labute approximate surface area is 71.2 Å². The molecular weight excluding hydrogens is 156 g/mol. The molecule has 0 aliphatic carbocycles. The zero-order chi connectivity index (χ0) is 8.97. The van der Waals surface area contributed by atoms with E-state index in [4.69, 9.17) is 9.36 Å². The summed E-state index contributed by atoms with van der Waals surface area (Å²) in [4.78, 5) is 4.87. The molecule has 0 saturated heterocycles. The standard InChI is InChI=1S/C8H12N2O2/c1-4-11-9-7(3)8-5-6(2)12-10-8/h5H,4H2,1-3H3/b9-7-. The van der Waals surface area contributed by atoms with E-state index in [9.17, 15) is 0 Å². The molecule has 1 aromatic heterocycles. The van der Waals surface area contributed by atoms with Crippen molar-refractivity contribution in [2.75, 3.05) is 6.61 Å². The molecule has 0 radical (unpaired) electrons. The molecule has 0 N–H and O–H groups in total. The topological polar surface area (TPSA) is 47.6 Å². The molecule has 0 amide bonds. The van der Waals surface area contributed by atoms with E-state index >= 15 is 0 Å². The van der Waals surface area contributed by atoms with Gasteiger partial charge in [0.2, 0.25) is 0 Å². The number of aromatic nitrogens is 1. The van der Waals surface area contributed by atoms with E-state index in [1.165, 1.54) is 0 Å². The van der Waals surface area contributed by atoms with E-state index in [1.807, 2.05) is 26.8 Å². The minimum absolute atomic E-state index is 0.564. The first-order valence-electron chi connectivity index (χ1n) is 3.84. The Bertz CT molecular complexity index is 278. The average Bonchev–Trinajstić information content (AvgIpc) is 2.47. The van der Waals surface area contributed by atoms with Crippen molar-refractivity contribution in [3.8, 4) is 0 Å². The first-order chi connectivity index (χ1) is 5.74. The predicted octanol–water partition coefficient (Wildman–Crippen LogP) is 1.74. The molecule has 0 aromatic carbocycles. The van der Waals surface area contributed by atoms with Gasteiger partial charge in [0.1, 0.15) is 23.8 Å². The lowest BCUT2D eigenvalue weighted by Gasteiger charge is -1.93. The van der Waals surface area contributed by atoms with E-state index in [0.29, 0.717) is 6.61 Å². The molecule has 0 saturated carbocycles. The van der Waals surface area contributed by atoms with Crippen molar-refractivity contribution >= 4 is 5.71 Å². The molecule has 0 aliphatic rings. The molecule has 1 rings (SSSR count). The molecule has 0 unspecified atom stereocenters. The molecular formula is C8H12N2O2. The monoisotopic (exact) mass is 168 g/mol. The lowest BCUT2D eigenvalue weighted by atomic mass is 10.3. The third-order valence-corrected chi connectivity index (χ3v) is 1.33. The van der Waals surface area contributed by atoms with Crippen molar-refractivity contribution < 1.29 is 9.36 Å². The molecule has 4 heteroatoms. The molecule has 1 aromatic rings. The Hall–Kier alpha value is -1.32. The van der Waals surface area contributed by atoms with Crippen molar-refractivity contribution in [3.63, 3.8) is 0 Å². The third-order valence-electron chi connectivity index (χ3n) is 1.33. The van der Waals surface area contributed by atoms with Crippen molar-refractivity contribution in [3.05, 3.63) is 17.5 Å². The summed E-state index contributed by atoms with van der Waals surface area (Å²) in [5, 5.41) is 7.60. The fourth-order valence-electron chi connectivity index (χ4n) is 0.745. The largest absolute Gasteiger partial charge is 0.396 e. The first-order valence-corrected chi connectivity index (χ1v) is 3.84. The van der Waals surface area contributed by atoms with Crippen LogP contribution in [0.4, 0.5) is 0 Å². The smallest absolute Gasteiger partial charge is 0.134 e. The minimum atomic E-state index is 0.564. The maximum absolute atomic E-state index is 4.88. The van der Waals surface area contributed by atoms with E-state index in [-0.39, 0.29) is 0 Å². The quantitative estimate of drug-likeness (QED) is 0.510. The van der Waals surface area contributed by atoms with Gasteiger partial charge >= 0.3 is 0 Å². The van der Waals surface area contributed by atoms with Crippen molar-refractivity contribution in [1.29, 1.82) is 0 Å². The van der Waals surface area contributed by atoms with Crippen LogP contribution in [0, 0.1) is 6.92 Å². The summed E-state index contributed by atoms with van der Waals surface area (Å²) in [6, 6.07) is 1.82. The number of aryl methyl sites for hydroxylation is 1. The van der Waals surface area contributed by atoms with Crippen molar-refractivity contribution in [2.45, 2.75) is 20.8 Å². The van der Waals surface area contributed by atoms with Gasteiger partial charge in [0.15, 0.2) is 0 Å². The van der Waals surface area contributed by atoms with Crippen LogP contribution in [0.15, 0.2) is 15.7 Å². The summed E-state index contributed by atoms with van der Waals surface area (Å²) in [6.07, 6.45) is 0. The van der Waals surface area contributed by atoms with Crippen LogP contribution < -0.4 is 0 Å². The molecule has 0 atom stereocenters. The maximum atomic E-state index is 4.88. The highest BCUT2D eigenvalue weighted by Crippen LogP contribution is 2.02. The number of hydrogen-bond donors (Lipinski definition) is 0. The van der Waals surface area contributed by atoms with Crippen LogP contribution in [0.2, 0.25) is 0 Å². The Kier molecular flexibility index (Phi) is 2.85. The van der Waals surface area contributed by atoms with Crippen LogP contribution in [0.5, 0.6) is 0 Å². The Balaban J connectivity index is 2.70. The lowest BCUT2D eigenvalue weighted by molar-refractivity contribution is 0.158. The van der Waals surface area contributed by atoms with Gasteiger partial charge in [0, 0.05) is 6.07 Å². The second-order valence-electron chi connectivity index (χ2n) is 2.42. The minimum Gasteiger partial charge on any atom is -0.396 e. The highest BCUT2D eigenvalue weighted by atomic mass is 16.6. The molecule has 1 heterocycles. The first kappa shape index (κ1) is 8.77. The van der Waals surface area contributed by atoms with E-state index in [0.717, 1.165) is 17.2 Å². The summed E-state index contributed by atoms with van der Waals surface area (Å²) < 4.78 is 4.88. The molecule has 0 fully saturated rings. The number of hydrogen-bond acceptors (Lipinski definition) is 4. The van der Waals surface area contributed by atoms with Crippen LogP contribution in [0.25, 0.3) is 0 Å². The maximum Gasteiger partial charge on any atom is 0.134 e. The van der Waals surface area contributed by atoms with Gasteiger partial charge in [-0.3, -0.25) is 0 Å². The average molecular weight is 168 g/mol. The van der Waals surface area contributed by atoms with Crippen LogP contribution >= 0.6 is 0 Å².